The van der Waals surface area contributed by atoms with E-state index < -0.39 is 0 Å². The Morgan fingerprint density at radius 2 is 1.63 bits per heavy atom. The van der Waals surface area contributed by atoms with E-state index in [2.05, 4.69) is 44.3 Å². The van der Waals surface area contributed by atoms with Gasteiger partial charge >= 0.3 is 0 Å². The van der Waals surface area contributed by atoms with E-state index in [-0.39, 0.29) is 0 Å². The van der Waals surface area contributed by atoms with Gasteiger partial charge in [-0.2, -0.15) is 0 Å². The van der Waals surface area contributed by atoms with Gasteiger partial charge < -0.3 is 5.32 Å². The van der Waals surface area contributed by atoms with E-state index in [1.54, 1.807) is 5.56 Å². The maximum Gasteiger partial charge on any atom is -0.00179 e. The first-order valence-corrected chi connectivity index (χ1v) is 7.97. The number of rotatable bonds is 5. The van der Waals surface area contributed by atoms with Crippen molar-refractivity contribution in [1.82, 2.24) is 5.32 Å². The van der Waals surface area contributed by atoms with Crippen molar-refractivity contribution in [2.45, 2.75) is 52.9 Å². The molecule has 1 fully saturated rings. The maximum absolute atomic E-state index is 3.56. The van der Waals surface area contributed by atoms with Crippen LogP contribution in [0.5, 0.6) is 0 Å². The Bertz CT molecular complexity index is 376. The van der Waals surface area contributed by atoms with Crippen molar-refractivity contribution in [3.63, 3.8) is 0 Å². The van der Waals surface area contributed by atoms with Gasteiger partial charge in [-0.25, -0.2) is 0 Å². The first-order chi connectivity index (χ1) is 9.19. The Labute approximate surface area is 118 Å². The Hall–Kier alpha value is -0.820. The van der Waals surface area contributed by atoms with Crippen molar-refractivity contribution in [3.05, 3.63) is 34.9 Å². The molecule has 0 spiro atoms. The lowest BCUT2D eigenvalue weighted by Gasteiger charge is -2.32. The first kappa shape index (κ1) is 14.6. The molecule has 1 N–H and O–H groups in total. The van der Waals surface area contributed by atoms with Crippen LogP contribution in [0.25, 0.3) is 0 Å². The SMILES string of the molecule is CCNCC1CCCCC1Cc1cc(C)cc(C)c1. The summed E-state index contributed by atoms with van der Waals surface area (Å²) in [7, 11) is 0. The van der Waals surface area contributed by atoms with Gasteiger partial charge in [0, 0.05) is 0 Å². The van der Waals surface area contributed by atoms with Gasteiger partial charge in [0.1, 0.15) is 0 Å². The molecule has 1 aliphatic rings. The van der Waals surface area contributed by atoms with E-state index in [1.165, 1.54) is 49.8 Å². The second-order valence-corrected chi connectivity index (χ2v) is 6.31. The molecule has 19 heavy (non-hydrogen) atoms. The molecule has 0 amide bonds. The van der Waals surface area contributed by atoms with Gasteiger partial charge in [-0.05, 0) is 63.6 Å². The molecule has 1 aromatic carbocycles. The first-order valence-electron chi connectivity index (χ1n) is 7.97. The Morgan fingerprint density at radius 1 is 1.00 bits per heavy atom. The minimum Gasteiger partial charge on any atom is -0.317 e. The van der Waals surface area contributed by atoms with Crippen LogP contribution in [0.2, 0.25) is 0 Å². The largest absolute Gasteiger partial charge is 0.317 e. The van der Waals surface area contributed by atoms with Crippen LogP contribution in [0.4, 0.5) is 0 Å². The van der Waals surface area contributed by atoms with Crippen LogP contribution >= 0.6 is 0 Å². The van der Waals surface area contributed by atoms with Gasteiger partial charge in [-0.1, -0.05) is 49.1 Å². The van der Waals surface area contributed by atoms with Crippen molar-refractivity contribution in [2.24, 2.45) is 11.8 Å². The molecule has 0 aromatic heterocycles. The third-order valence-corrected chi connectivity index (χ3v) is 4.50. The van der Waals surface area contributed by atoms with Crippen molar-refractivity contribution < 1.29 is 0 Å². The molecule has 1 heteroatoms. The summed E-state index contributed by atoms with van der Waals surface area (Å²) in [5, 5.41) is 3.56. The lowest BCUT2D eigenvalue weighted by Crippen LogP contribution is -2.31. The fourth-order valence-electron chi connectivity index (χ4n) is 3.64. The molecular formula is C18H29N. The monoisotopic (exact) mass is 259 g/mol. The fraction of sp³-hybridized carbons (Fsp3) is 0.667. The average Bonchev–Trinajstić information content (AvgIpc) is 2.36. The summed E-state index contributed by atoms with van der Waals surface area (Å²) in [5.41, 5.74) is 4.37. The molecule has 0 heterocycles. The summed E-state index contributed by atoms with van der Waals surface area (Å²) < 4.78 is 0. The van der Waals surface area contributed by atoms with Crippen LogP contribution in [0, 0.1) is 25.7 Å². The van der Waals surface area contributed by atoms with E-state index in [9.17, 15) is 0 Å². The van der Waals surface area contributed by atoms with E-state index in [4.69, 9.17) is 0 Å². The second-order valence-electron chi connectivity index (χ2n) is 6.31. The molecule has 106 valence electrons. The van der Waals surface area contributed by atoms with Crippen molar-refractivity contribution in [1.29, 1.82) is 0 Å². The lowest BCUT2D eigenvalue weighted by atomic mass is 9.76. The normalized spacial score (nSPS) is 23.5. The molecule has 1 nitrogen and oxygen atoms in total. The summed E-state index contributed by atoms with van der Waals surface area (Å²) in [6, 6.07) is 7.04. The van der Waals surface area contributed by atoms with Gasteiger partial charge in [-0.15, -0.1) is 0 Å². The summed E-state index contributed by atoms with van der Waals surface area (Å²) in [5.74, 6) is 1.77. The van der Waals surface area contributed by atoms with Crippen LogP contribution in [0.1, 0.15) is 49.3 Å². The lowest BCUT2D eigenvalue weighted by molar-refractivity contribution is 0.229. The number of nitrogens with one attached hydrogen (secondary N) is 1. The molecule has 1 aromatic rings. The molecule has 0 saturated heterocycles. The van der Waals surface area contributed by atoms with Crippen molar-refractivity contribution in [2.75, 3.05) is 13.1 Å². The molecule has 2 rings (SSSR count). The highest BCUT2D eigenvalue weighted by molar-refractivity contribution is 5.28. The van der Waals surface area contributed by atoms with Gasteiger partial charge in [0.25, 0.3) is 0 Å². The average molecular weight is 259 g/mol. The highest BCUT2D eigenvalue weighted by atomic mass is 14.8. The van der Waals surface area contributed by atoms with Gasteiger partial charge in [0.05, 0.1) is 0 Å². The van der Waals surface area contributed by atoms with E-state index >= 15 is 0 Å². The predicted octanol–water partition coefficient (Wildman–Crippen LogP) is 4.26. The highest BCUT2D eigenvalue weighted by Gasteiger charge is 2.24. The van der Waals surface area contributed by atoms with E-state index in [0.717, 1.165) is 18.4 Å². The summed E-state index contributed by atoms with van der Waals surface area (Å²) >= 11 is 0. The minimum absolute atomic E-state index is 0.883. The number of aryl methyl sites for hydroxylation is 2. The third-order valence-electron chi connectivity index (χ3n) is 4.50. The van der Waals surface area contributed by atoms with Crippen LogP contribution in [0.3, 0.4) is 0 Å². The van der Waals surface area contributed by atoms with Crippen molar-refractivity contribution >= 4 is 0 Å². The maximum atomic E-state index is 3.56. The van der Waals surface area contributed by atoms with Gasteiger partial charge in [-0.3, -0.25) is 0 Å². The molecule has 0 bridgehead atoms. The molecule has 1 saturated carbocycles. The number of benzene rings is 1. The Kier molecular flexibility index (Phi) is 5.45. The zero-order valence-electron chi connectivity index (χ0n) is 12.8. The topological polar surface area (TPSA) is 12.0 Å². The predicted molar refractivity (Wildman–Crippen MR) is 83.6 cm³/mol. The molecule has 1 aliphatic carbocycles. The Balaban J connectivity index is 2.01. The summed E-state index contributed by atoms with van der Waals surface area (Å²) in [6.45, 7) is 8.96. The van der Waals surface area contributed by atoms with Gasteiger partial charge in [0.2, 0.25) is 0 Å². The Morgan fingerprint density at radius 3 is 2.26 bits per heavy atom. The zero-order valence-corrected chi connectivity index (χ0v) is 12.8. The van der Waals surface area contributed by atoms with Crippen LogP contribution in [0.15, 0.2) is 18.2 Å². The molecular weight excluding hydrogens is 230 g/mol. The molecule has 0 radical (unpaired) electrons. The second kappa shape index (κ2) is 7.09. The van der Waals surface area contributed by atoms with Crippen LogP contribution in [-0.4, -0.2) is 13.1 Å². The van der Waals surface area contributed by atoms with E-state index in [1.807, 2.05) is 0 Å². The third kappa shape index (κ3) is 4.35. The zero-order chi connectivity index (χ0) is 13.7. The minimum atomic E-state index is 0.883. The van der Waals surface area contributed by atoms with E-state index in [0.29, 0.717) is 0 Å². The number of hydrogen-bond donors (Lipinski definition) is 1. The summed E-state index contributed by atoms with van der Waals surface area (Å²) in [4.78, 5) is 0. The number of hydrogen-bond acceptors (Lipinski definition) is 1. The summed E-state index contributed by atoms with van der Waals surface area (Å²) in [6.07, 6.45) is 6.97. The standard InChI is InChI=1S/C18H29N/c1-4-19-13-18-8-6-5-7-17(18)12-16-10-14(2)9-15(3)11-16/h9-11,17-19H,4-8,12-13H2,1-3H3. The molecule has 2 unspecified atom stereocenters. The van der Waals surface area contributed by atoms with Crippen molar-refractivity contribution in [3.8, 4) is 0 Å². The van der Waals surface area contributed by atoms with Crippen LogP contribution in [-0.2, 0) is 6.42 Å². The highest BCUT2D eigenvalue weighted by Crippen LogP contribution is 2.32. The quantitative estimate of drug-likeness (QED) is 0.833. The fourth-order valence-corrected chi connectivity index (χ4v) is 3.64. The smallest absolute Gasteiger partial charge is 0.00179 e. The molecule has 2 atom stereocenters. The van der Waals surface area contributed by atoms with Crippen LogP contribution < -0.4 is 5.32 Å². The molecule has 0 aliphatic heterocycles. The van der Waals surface area contributed by atoms with Gasteiger partial charge in [0.15, 0.2) is 0 Å².